The van der Waals surface area contributed by atoms with Crippen LogP contribution in [0.3, 0.4) is 0 Å². The molecule has 26 heavy (non-hydrogen) atoms. The van der Waals surface area contributed by atoms with Crippen LogP contribution in [0.2, 0.25) is 0 Å². The molecule has 132 valence electrons. The first-order chi connectivity index (χ1) is 12.6. The third-order valence-corrected chi connectivity index (χ3v) is 6.59. The number of hydrogen-bond donors (Lipinski definition) is 1. The second kappa shape index (κ2) is 7.46. The van der Waals surface area contributed by atoms with E-state index >= 15 is 0 Å². The zero-order chi connectivity index (χ0) is 18.6. The van der Waals surface area contributed by atoms with Gasteiger partial charge in [0.15, 0.2) is 4.32 Å². The van der Waals surface area contributed by atoms with Crippen molar-refractivity contribution in [2.45, 2.75) is 23.1 Å². The van der Waals surface area contributed by atoms with Crippen molar-refractivity contribution in [1.29, 1.82) is 0 Å². The van der Waals surface area contributed by atoms with Crippen LogP contribution in [0.4, 0.5) is 0 Å². The van der Waals surface area contributed by atoms with E-state index in [2.05, 4.69) is 15.9 Å². The number of alkyl halides is 1. The van der Waals surface area contributed by atoms with Crippen LogP contribution in [0.15, 0.2) is 91.0 Å². The summed E-state index contributed by atoms with van der Waals surface area (Å²) < 4.78 is -1.31. The molecule has 0 fully saturated rings. The van der Waals surface area contributed by atoms with Crippen molar-refractivity contribution in [2.75, 3.05) is 0 Å². The van der Waals surface area contributed by atoms with E-state index in [-0.39, 0.29) is 0 Å². The summed E-state index contributed by atoms with van der Waals surface area (Å²) in [6.07, 6.45) is 0.619. The fourth-order valence-corrected chi connectivity index (χ4v) is 4.88. The van der Waals surface area contributed by atoms with Gasteiger partial charge in [-0.1, -0.05) is 114 Å². The lowest BCUT2D eigenvalue weighted by atomic mass is 9.62. The third-order valence-electron chi connectivity index (χ3n) is 5.12. The largest absolute Gasteiger partial charge is 0.480 e. The van der Waals surface area contributed by atoms with Crippen molar-refractivity contribution >= 4 is 21.9 Å². The smallest absolute Gasteiger partial charge is 0.326 e. The molecule has 0 amide bonds. The molecule has 0 radical (unpaired) electrons. The van der Waals surface area contributed by atoms with Crippen LogP contribution in [0, 0.1) is 0 Å². The molecule has 0 bridgehead atoms. The molecule has 0 aliphatic rings. The fraction of sp³-hybridized carbons (Fsp3) is 0.174. The predicted octanol–water partition coefficient (Wildman–Crippen LogP) is 5.76. The summed E-state index contributed by atoms with van der Waals surface area (Å²) in [6.45, 7) is 2.04. The highest BCUT2D eigenvalue weighted by Crippen LogP contribution is 2.55. The van der Waals surface area contributed by atoms with E-state index in [0.717, 1.165) is 16.7 Å². The van der Waals surface area contributed by atoms with Crippen LogP contribution in [0.5, 0.6) is 0 Å². The molecular weight excluding hydrogens is 388 g/mol. The predicted molar refractivity (Wildman–Crippen MR) is 109 cm³/mol. The van der Waals surface area contributed by atoms with E-state index in [1.807, 2.05) is 97.9 Å². The highest BCUT2D eigenvalue weighted by Gasteiger charge is 2.57. The normalized spacial score (nSPS) is 13.8. The lowest BCUT2D eigenvalue weighted by Gasteiger charge is -2.45. The number of aliphatic carboxylic acids is 1. The molecule has 3 aromatic carbocycles. The van der Waals surface area contributed by atoms with Gasteiger partial charge in [-0.25, -0.2) is 0 Å². The Kier molecular flexibility index (Phi) is 5.28. The molecule has 0 aliphatic carbocycles. The lowest BCUT2D eigenvalue weighted by molar-refractivity contribution is -0.141. The number of halogens is 1. The summed E-state index contributed by atoms with van der Waals surface area (Å²) in [5.41, 5.74) is 1.89. The summed E-state index contributed by atoms with van der Waals surface area (Å²) in [7, 11) is 0. The Bertz CT molecular complexity index is 823. The minimum Gasteiger partial charge on any atom is -0.480 e. The second-order valence-corrected chi connectivity index (χ2v) is 7.51. The van der Waals surface area contributed by atoms with Gasteiger partial charge in [0, 0.05) is 0 Å². The summed E-state index contributed by atoms with van der Waals surface area (Å²) in [6, 6.07) is 29.2. The molecule has 1 N–H and O–H groups in total. The first kappa shape index (κ1) is 18.4. The summed E-state index contributed by atoms with van der Waals surface area (Å²) in [4.78, 5) is 12.7. The van der Waals surface area contributed by atoms with Gasteiger partial charge in [0.2, 0.25) is 0 Å². The summed E-state index contributed by atoms with van der Waals surface area (Å²) >= 11 is 3.72. The standard InChI is InChI=1S/C23H21BrO2/c1-2-22(18-12-6-3-7-13-18,19-14-8-4-9-15-19)23(24,21(25)26)20-16-10-5-11-17-20/h3-17H,2H2,1H3,(H,25,26). The molecule has 3 heteroatoms. The average molecular weight is 409 g/mol. The van der Waals surface area contributed by atoms with Gasteiger partial charge in [0.05, 0.1) is 5.41 Å². The van der Waals surface area contributed by atoms with E-state index < -0.39 is 15.7 Å². The lowest BCUT2D eigenvalue weighted by Crippen LogP contribution is -2.51. The van der Waals surface area contributed by atoms with Crippen LogP contribution >= 0.6 is 15.9 Å². The highest BCUT2D eigenvalue weighted by atomic mass is 79.9. The molecular formula is C23H21BrO2. The molecule has 0 aliphatic heterocycles. The molecule has 3 aromatic rings. The molecule has 0 saturated heterocycles. The SMILES string of the molecule is CCC(c1ccccc1)(c1ccccc1)C(Br)(C(=O)O)c1ccccc1. The van der Waals surface area contributed by atoms with Gasteiger partial charge in [-0.15, -0.1) is 0 Å². The Labute approximate surface area is 162 Å². The van der Waals surface area contributed by atoms with E-state index in [9.17, 15) is 9.90 Å². The number of hydrogen-bond acceptors (Lipinski definition) is 1. The molecule has 0 aromatic heterocycles. The maximum atomic E-state index is 12.7. The van der Waals surface area contributed by atoms with Crippen LogP contribution < -0.4 is 0 Å². The van der Waals surface area contributed by atoms with Crippen molar-refractivity contribution in [3.8, 4) is 0 Å². The van der Waals surface area contributed by atoms with Crippen molar-refractivity contribution < 1.29 is 9.90 Å². The maximum Gasteiger partial charge on any atom is 0.326 e. The minimum atomic E-state index is -1.31. The van der Waals surface area contributed by atoms with E-state index in [4.69, 9.17) is 0 Å². The van der Waals surface area contributed by atoms with Crippen LogP contribution in [0.25, 0.3) is 0 Å². The summed E-state index contributed by atoms with van der Waals surface area (Å²) in [5, 5.41) is 10.4. The zero-order valence-electron chi connectivity index (χ0n) is 14.6. The number of carboxylic acid groups (broad SMARTS) is 1. The van der Waals surface area contributed by atoms with Gasteiger partial charge in [0.25, 0.3) is 0 Å². The minimum absolute atomic E-state index is 0.619. The van der Waals surface area contributed by atoms with Gasteiger partial charge in [-0.05, 0) is 23.1 Å². The van der Waals surface area contributed by atoms with Gasteiger partial charge in [-0.2, -0.15) is 0 Å². The zero-order valence-corrected chi connectivity index (χ0v) is 16.2. The second-order valence-electron chi connectivity index (χ2n) is 6.32. The first-order valence-corrected chi connectivity index (χ1v) is 9.45. The number of carboxylic acids is 1. The summed E-state index contributed by atoms with van der Waals surface area (Å²) in [5.74, 6) is -0.904. The first-order valence-electron chi connectivity index (χ1n) is 8.66. The molecule has 2 nitrogen and oxygen atoms in total. The third kappa shape index (κ3) is 2.77. The van der Waals surface area contributed by atoms with Gasteiger partial charge in [0.1, 0.15) is 0 Å². The Morgan fingerprint density at radius 2 is 1.12 bits per heavy atom. The number of carbonyl (C=O) groups is 1. The van der Waals surface area contributed by atoms with Gasteiger partial charge >= 0.3 is 5.97 Å². The topological polar surface area (TPSA) is 37.3 Å². The monoisotopic (exact) mass is 408 g/mol. The Hall–Kier alpha value is -2.39. The Balaban J connectivity index is 2.41. The van der Waals surface area contributed by atoms with Gasteiger partial charge < -0.3 is 5.11 Å². The number of benzene rings is 3. The van der Waals surface area contributed by atoms with E-state index in [1.54, 1.807) is 0 Å². The van der Waals surface area contributed by atoms with E-state index in [0.29, 0.717) is 6.42 Å². The van der Waals surface area contributed by atoms with Crippen molar-refractivity contribution in [1.82, 2.24) is 0 Å². The quantitative estimate of drug-likeness (QED) is 0.526. The fourth-order valence-electron chi connectivity index (χ4n) is 3.88. The Morgan fingerprint density at radius 3 is 1.42 bits per heavy atom. The Morgan fingerprint density at radius 1 is 0.769 bits per heavy atom. The maximum absolute atomic E-state index is 12.7. The van der Waals surface area contributed by atoms with Crippen molar-refractivity contribution in [3.05, 3.63) is 108 Å². The molecule has 0 saturated carbocycles. The van der Waals surface area contributed by atoms with Crippen LogP contribution in [-0.4, -0.2) is 11.1 Å². The molecule has 1 unspecified atom stereocenters. The van der Waals surface area contributed by atoms with Crippen molar-refractivity contribution in [3.63, 3.8) is 0 Å². The average Bonchev–Trinajstić information content (AvgIpc) is 2.71. The molecule has 0 heterocycles. The molecule has 3 rings (SSSR count). The van der Waals surface area contributed by atoms with Gasteiger partial charge in [-0.3, -0.25) is 4.79 Å². The molecule has 0 spiro atoms. The van der Waals surface area contributed by atoms with Crippen LogP contribution in [-0.2, 0) is 14.5 Å². The molecule has 1 atom stereocenters. The van der Waals surface area contributed by atoms with E-state index in [1.165, 1.54) is 0 Å². The number of rotatable bonds is 6. The van der Waals surface area contributed by atoms with Crippen molar-refractivity contribution in [2.24, 2.45) is 0 Å². The van der Waals surface area contributed by atoms with Crippen LogP contribution in [0.1, 0.15) is 30.0 Å². The highest BCUT2D eigenvalue weighted by molar-refractivity contribution is 9.10.